The zero-order valence-electron chi connectivity index (χ0n) is 8.73. The van der Waals surface area contributed by atoms with E-state index in [0.717, 1.165) is 4.31 Å². The number of nitrogens with zero attached hydrogens (tertiary/aromatic N) is 1. The van der Waals surface area contributed by atoms with Gasteiger partial charge in [0.1, 0.15) is 0 Å². The van der Waals surface area contributed by atoms with Gasteiger partial charge < -0.3 is 14.0 Å². The first kappa shape index (κ1) is 16.8. The van der Waals surface area contributed by atoms with Crippen LogP contribution in [0.5, 0.6) is 0 Å². The summed E-state index contributed by atoms with van der Waals surface area (Å²) in [5.41, 5.74) is 0. The fraction of sp³-hybridized carbons (Fsp3) is 1.00. The second kappa shape index (κ2) is 8.68. The van der Waals surface area contributed by atoms with Crippen molar-refractivity contribution in [2.24, 2.45) is 0 Å². The molecule has 0 aliphatic rings. The third-order valence-electron chi connectivity index (χ3n) is 1.41. The van der Waals surface area contributed by atoms with Gasteiger partial charge in [0.25, 0.3) is 0 Å². The van der Waals surface area contributed by atoms with Crippen LogP contribution in [-0.2, 0) is 19.8 Å². The minimum absolute atomic E-state index is 0. The quantitative estimate of drug-likeness (QED) is 0.322. The van der Waals surface area contributed by atoms with Gasteiger partial charge in [0.15, 0.2) is 10.3 Å². The van der Waals surface area contributed by atoms with E-state index in [2.05, 4.69) is 9.47 Å². The summed E-state index contributed by atoms with van der Waals surface area (Å²) in [5, 5.41) is 0. The monoisotopic (exact) mass is 219 g/mol. The third kappa shape index (κ3) is 7.76. The van der Waals surface area contributed by atoms with E-state index in [1.165, 1.54) is 14.2 Å². The first-order chi connectivity index (χ1) is 6.02. The van der Waals surface area contributed by atoms with Gasteiger partial charge >= 0.3 is 18.9 Å². The van der Waals surface area contributed by atoms with E-state index in [9.17, 15) is 13.0 Å². The van der Waals surface area contributed by atoms with Gasteiger partial charge in [0.2, 0.25) is 0 Å². The Kier molecular flexibility index (Phi) is 10.4. The molecule has 0 amide bonds. The van der Waals surface area contributed by atoms with Gasteiger partial charge in [0, 0.05) is 27.3 Å². The molecule has 0 saturated heterocycles. The van der Waals surface area contributed by atoms with Crippen LogP contribution < -0.4 is 18.9 Å². The molecule has 0 aromatic rings. The summed E-state index contributed by atoms with van der Waals surface area (Å²) in [6.07, 6.45) is 0. The molecule has 0 rings (SSSR count). The summed E-state index contributed by atoms with van der Waals surface area (Å²) < 4.78 is 41.9. The molecular formula is C6H14LiNO5S. The molecule has 0 aliphatic heterocycles. The van der Waals surface area contributed by atoms with Crippen LogP contribution in [0.2, 0.25) is 0 Å². The number of hydrogen-bond donors (Lipinski definition) is 0. The second-order valence-corrected chi connectivity index (χ2v) is 3.71. The normalized spacial score (nSPS) is 11.4. The first-order valence-electron chi connectivity index (χ1n) is 3.71. The fourth-order valence-corrected chi connectivity index (χ4v) is 1.32. The van der Waals surface area contributed by atoms with Crippen molar-refractivity contribution in [1.29, 1.82) is 0 Å². The number of ether oxygens (including phenoxy) is 2. The molecule has 80 valence electrons. The van der Waals surface area contributed by atoms with Gasteiger partial charge in [-0.25, -0.2) is 12.7 Å². The van der Waals surface area contributed by atoms with Crippen molar-refractivity contribution in [2.75, 3.05) is 40.5 Å². The van der Waals surface area contributed by atoms with Gasteiger partial charge in [-0.05, 0) is 0 Å². The zero-order valence-corrected chi connectivity index (χ0v) is 9.54. The standard InChI is InChI=1S/C6H15NO5S.Li/c1-11-5-3-7(4-6-12-2)13(8,9)10;/h3-6H2,1-2H3,(H,8,9,10);/q;+1/p-1. The molecule has 0 aromatic carbocycles. The molecule has 0 saturated carbocycles. The van der Waals surface area contributed by atoms with Crippen LogP contribution in [0.1, 0.15) is 0 Å². The fourth-order valence-electron chi connectivity index (χ4n) is 0.722. The van der Waals surface area contributed by atoms with Crippen molar-refractivity contribution in [3.05, 3.63) is 0 Å². The maximum atomic E-state index is 10.6. The minimum atomic E-state index is -4.39. The molecule has 0 atom stereocenters. The molecule has 0 fully saturated rings. The Morgan fingerprint density at radius 3 is 1.71 bits per heavy atom. The van der Waals surface area contributed by atoms with Gasteiger partial charge in [-0.15, -0.1) is 0 Å². The Bertz CT molecular complexity index is 212. The summed E-state index contributed by atoms with van der Waals surface area (Å²) in [4.78, 5) is 0. The Hall–Kier alpha value is 0.387. The van der Waals surface area contributed by atoms with Crippen LogP contribution in [-0.4, -0.2) is 57.8 Å². The maximum absolute atomic E-state index is 10.6. The summed E-state index contributed by atoms with van der Waals surface area (Å²) in [6, 6.07) is 0. The van der Waals surface area contributed by atoms with Crippen molar-refractivity contribution in [3.8, 4) is 0 Å². The molecular weight excluding hydrogens is 205 g/mol. The van der Waals surface area contributed by atoms with Gasteiger partial charge in [-0.3, -0.25) is 0 Å². The Morgan fingerprint density at radius 2 is 1.50 bits per heavy atom. The third-order valence-corrected chi connectivity index (χ3v) is 2.40. The SMILES string of the molecule is COCCN(CCOC)S(=O)(=O)[O-].[Li+]. The molecule has 0 aromatic heterocycles. The summed E-state index contributed by atoms with van der Waals surface area (Å²) in [6.45, 7) is 0.522. The minimum Gasteiger partial charge on any atom is -0.735 e. The average molecular weight is 219 g/mol. The van der Waals surface area contributed by atoms with Crippen LogP contribution >= 0.6 is 0 Å². The van der Waals surface area contributed by atoms with Crippen LogP contribution in [0, 0.1) is 0 Å². The van der Waals surface area contributed by atoms with Crippen molar-refractivity contribution in [1.82, 2.24) is 4.31 Å². The van der Waals surface area contributed by atoms with E-state index < -0.39 is 10.3 Å². The molecule has 0 spiro atoms. The predicted molar refractivity (Wildman–Crippen MR) is 45.0 cm³/mol. The molecule has 6 nitrogen and oxygen atoms in total. The van der Waals surface area contributed by atoms with Gasteiger partial charge in [-0.1, -0.05) is 0 Å². The van der Waals surface area contributed by atoms with Crippen LogP contribution in [0.4, 0.5) is 0 Å². The predicted octanol–water partition coefficient (Wildman–Crippen LogP) is -3.95. The van der Waals surface area contributed by atoms with E-state index in [0.29, 0.717) is 0 Å². The van der Waals surface area contributed by atoms with Crippen molar-refractivity contribution in [3.63, 3.8) is 0 Å². The van der Waals surface area contributed by atoms with Crippen LogP contribution in [0.15, 0.2) is 0 Å². The number of rotatable bonds is 7. The summed E-state index contributed by atoms with van der Waals surface area (Å²) in [5.74, 6) is 0. The van der Waals surface area contributed by atoms with Crippen LogP contribution in [0.3, 0.4) is 0 Å². The molecule has 0 aliphatic carbocycles. The second-order valence-electron chi connectivity index (χ2n) is 2.34. The summed E-state index contributed by atoms with van der Waals surface area (Å²) in [7, 11) is -1.51. The Labute approximate surface area is 96.6 Å². The van der Waals surface area contributed by atoms with E-state index in [4.69, 9.17) is 0 Å². The number of hydrogen-bond acceptors (Lipinski definition) is 5. The van der Waals surface area contributed by atoms with E-state index in [1.807, 2.05) is 0 Å². The van der Waals surface area contributed by atoms with Gasteiger partial charge in [-0.2, -0.15) is 0 Å². The zero-order chi connectivity index (χ0) is 10.3. The Morgan fingerprint density at radius 1 is 1.14 bits per heavy atom. The molecule has 0 bridgehead atoms. The molecule has 14 heavy (non-hydrogen) atoms. The molecule has 8 heteroatoms. The average Bonchev–Trinajstić information content (AvgIpc) is 2.02. The maximum Gasteiger partial charge on any atom is 1.00 e. The number of methoxy groups -OCH3 is 2. The first-order valence-corrected chi connectivity index (χ1v) is 5.07. The Balaban J connectivity index is 0. The largest absolute Gasteiger partial charge is 1.00 e. The molecule has 0 unspecified atom stereocenters. The molecule has 0 radical (unpaired) electrons. The molecule has 0 N–H and O–H groups in total. The van der Waals surface area contributed by atoms with Gasteiger partial charge in [0.05, 0.1) is 13.2 Å². The van der Waals surface area contributed by atoms with Crippen molar-refractivity contribution < 1.29 is 41.3 Å². The molecule has 0 heterocycles. The van der Waals surface area contributed by atoms with Crippen molar-refractivity contribution >= 4 is 10.3 Å². The van der Waals surface area contributed by atoms with E-state index in [1.54, 1.807) is 0 Å². The van der Waals surface area contributed by atoms with E-state index >= 15 is 0 Å². The topological polar surface area (TPSA) is 78.9 Å². The summed E-state index contributed by atoms with van der Waals surface area (Å²) >= 11 is 0. The van der Waals surface area contributed by atoms with Crippen molar-refractivity contribution in [2.45, 2.75) is 0 Å². The smallest absolute Gasteiger partial charge is 0.735 e. The van der Waals surface area contributed by atoms with E-state index in [-0.39, 0.29) is 45.2 Å². The van der Waals surface area contributed by atoms with Crippen LogP contribution in [0.25, 0.3) is 0 Å².